The number of rotatable bonds is 4. The Morgan fingerprint density at radius 2 is 1.95 bits per heavy atom. The highest BCUT2D eigenvalue weighted by Gasteiger charge is 2.18. The number of H-pyrrole nitrogens is 2. The van der Waals surface area contributed by atoms with Crippen molar-refractivity contribution in [3.63, 3.8) is 0 Å². The van der Waals surface area contributed by atoms with Crippen LogP contribution >= 0.6 is 0 Å². The molecule has 0 bridgehead atoms. The summed E-state index contributed by atoms with van der Waals surface area (Å²) in [5.74, 6) is -0.487. The van der Waals surface area contributed by atoms with Crippen molar-refractivity contribution in [2.45, 2.75) is 6.92 Å². The quantitative estimate of drug-likeness (QED) is 0.714. The molecule has 0 aliphatic rings. The van der Waals surface area contributed by atoms with Gasteiger partial charge in [-0.2, -0.15) is 10.3 Å². The van der Waals surface area contributed by atoms with Gasteiger partial charge in [-0.1, -0.05) is 24.3 Å². The molecule has 0 aliphatic heterocycles. The second-order valence-electron chi connectivity index (χ2n) is 4.28. The summed E-state index contributed by atoms with van der Waals surface area (Å²) in [6.45, 7) is 2.04. The van der Waals surface area contributed by atoms with E-state index in [-0.39, 0.29) is 5.69 Å². The highest BCUT2D eigenvalue weighted by molar-refractivity contribution is 5.94. The van der Waals surface area contributed by atoms with Gasteiger partial charge in [0.25, 0.3) is 0 Å². The minimum absolute atomic E-state index is 0.186. The Balaban J connectivity index is 1.91. The van der Waals surface area contributed by atoms with Crippen LogP contribution in [0, 0.1) is 0 Å². The molecule has 0 saturated heterocycles. The monoisotopic (exact) mass is 283 g/mol. The van der Waals surface area contributed by atoms with Crippen molar-refractivity contribution in [3.05, 3.63) is 42.5 Å². The lowest BCUT2D eigenvalue weighted by molar-refractivity contribution is 0.0520. The van der Waals surface area contributed by atoms with Gasteiger partial charge in [-0.3, -0.25) is 0 Å². The Bertz CT molecular complexity index is 731. The molecule has 0 spiro atoms. The van der Waals surface area contributed by atoms with Gasteiger partial charge in [0.15, 0.2) is 5.69 Å². The minimum Gasteiger partial charge on any atom is -0.461 e. The minimum atomic E-state index is -0.487. The smallest absolute Gasteiger partial charge is 0.361 e. The molecule has 7 heteroatoms. The number of hydrogen-bond acceptors (Lipinski definition) is 5. The third kappa shape index (κ3) is 2.53. The number of hydrogen-bond donors (Lipinski definition) is 2. The van der Waals surface area contributed by atoms with Gasteiger partial charge in [0.2, 0.25) is 0 Å². The SMILES string of the molecule is CCOC(=O)c1n[nH]nc1-c1ccc(-c2cnc[nH]2)cc1. The fourth-order valence-corrected chi connectivity index (χ4v) is 2.00. The Labute approximate surface area is 120 Å². The molecule has 0 amide bonds. The number of imidazole rings is 1. The first-order chi connectivity index (χ1) is 10.3. The largest absolute Gasteiger partial charge is 0.461 e. The molecule has 0 atom stereocenters. The molecular weight excluding hydrogens is 270 g/mol. The summed E-state index contributed by atoms with van der Waals surface area (Å²) in [4.78, 5) is 18.8. The summed E-state index contributed by atoms with van der Waals surface area (Å²) in [5.41, 5.74) is 3.37. The van der Waals surface area contributed by atoms with E-state index in [1.807, 2.05) is 24.3 Å². The first kappa shape index (κ1) is 13.0. The van der Waals surface area contributed by atoms with Gasteiger partial charge in [-0.25, -0.2) is 9.78 Å². The normalized spacial score (nSPS) is 10.5. The first-order valence-corrected chi connectivity index (χ1v) is 6.46. The molecule has 0 fully saturated rings. The van der Waals surface area contributed by atoms with Crippen LogP contribution in [0.2, 0.25) is 0 Å². The number of nitrogens with zero attached hydrogens (tertiary/aromatic N) is 3. The molecule has 0 unspecified atom stereocenters. The van der Waals surface area contributed by atoms with E-state index in [1.54, 1.807) is 19.4 Å². The van der Waals surface area contributed by atoms with Crippen LogP contribution in [0.25, 0.3) is 22.5 Å². The van der Waals surface area contributed by atoms with Crippen LogP contribution < -0.4 is 0 Å². The van der Waals surface area contributed by atoms with Crippen molar-refractivity contribution < 1.29 is 9.53 Å². The molecular formula is C14H13N5O2. The van der Waals surface area contributed by atoms with Crippen molar-refractivity contribution in [3.8, 4) is 22.5 Å². The van der Waals surface area contributed by atoms with E-state index in [4.69, 9.17) is 4.74 Å². The van der Waals surface area contributed by atoms with E-state index in [2.05, 4.69) is 25.4 Å². The summed E-state index contributed by atoms with van der Waals surface area (Å²) in [7, 11) is 0. The van der Waals surface area contributed by atoms with Crippen LogP contribution in [0.15, 0.2) is 36.8 Å². The van der Waals surface area contributed by atoms with Crippen LogP contribution in [0.4, 0.5) is 0 Å². The van der Waals surface area contributed by atoms with Gasteiger partial charge >= 0.3 is 5.97 Å². The predicted octanol–water partition coefficient (Wildman–Crippen LogP) is 2.04. The maximum atomic E-state index is 11.8. The van der Waals surface area contributed by atoms with Gasteiger partial charge in [0.05, 0.1) is 24.8 Å². The zero-order valence-electron chi connectivity index (χ0n) is 11.3. The topological polar surface area (TPSA) is 96.6 Å². The number of carbonyl (C=O) groups excluding carboxylic acids is 1. The average Bonchev–Trinajstić information content (AvgIpc) is 3.19. The predicted molar refractivity (Wildman–Crippen MR) is 75.4 cm³/mol. The zero-order chi connectivity index (χ0) is 14.7. The van der Waals surface area contributed by atoms with E-state index in [1.165, 1.54) is 0 Å². The number of ether oxygens (including phenoxy) is 1. The molecule has 21 heavy (non-hydrogen) atoms. The van der Waals surface area contributed by atoms with Crippen LogP contribution in [-0.4, -0.2) is 38.0 Å². The standard InChI is InChI=1S/C14H13N5O2/c1-2-21-14(20)13-12(17-19-18-13)10-5-3-9(4-6-10)11-7-15-8-16-11/h3-8H,2H2,1H3,(H,15,16)(H,17,18,19). The fourth-order valence-electron chi connectivity index (χ4n) is 2.00. The van der Waals surface area contributed by atoms with Gasteiger partial charge in [-0.05, 0) is 12.5 Å². The number of carbonyl (C=O) groups is 1. The van der Waals surface area contributed by atoms with Crippen molar-refractivity contribution in [2.24, 2.45) is 0 Å². The van der Waals surface area contributed by atoms with Crippen LogP contribution in [-0.2, 0) is 4.74 Å². The molecule has 2 aromatic heterocycles. The van der Waals surface area contributed by atoms with Crippen LogP contribution in [0.1, 0.15) is 17.4 Å². The third-order valence-corrected chi connectivity index (χ3v) is 2.98. The summed E-state index contributed by atoms with van der Waals surface area (Å²) < 4.78 is 4.96. The molecule has 0 aliphatic carbocycles. The third-order valence-electron chi connectivity index (χ3n) is 2.98. The van der Waals surface area contributed by atoms with Crippen LogP contribution in [0.3, 0.4) is 0 Å². The molecule has 3 rings (SSSR count). The van der Waals surface area contributed by atoms with Crippen molar-refractivity contribution in [1.29, 1.82) is 0 Å². The highest BCUT2D eigenvalue weighted by Crippen LogP contribution is 2.24. The van der Waals surface area contributed by atoms with Crippen molar-refractivity contribution >= 4 is 5.97 Å². The average molecular weight is 283 g/mol. The maximum Gasteiger partial charge on any atom is 0.361 e. The molecule has 106 valence electrons. The molecule has 7 nitrogen and oxygen atoms in total. The Morgan fingerprint density at radius 3 is 2.62 bits per heavy atom. The van der Waals surface area contributed by atoms with E-state index >= 15 is 0 Å². The van der Waals surface area contributed by atoms with E-state index in [0.29, 0.717) is 12.3 Å². The number of benzene rings is 1. The summed E-state index contributed by atoms with van der Waals surface area (Å²) in [6.07, 6.45) is 3.37. The van der Waals surface area contributed by atoms with E-state index in [0.717, 1.165) is 16.8 Å². The van der Waals surface area contributed by atoms with Crippen molar-refractivity contribution in [1.82, 2.24) is 25.4 Å². The van der Waals surface area contributed by atoms with Crippen molar-refractivity contribution in [2.75, 3.05) is 6.61 Å². The molecule has 2 heterocycles. The molecule has 1 aromatic carbocycles. The first-order valence-electron chi connectivity index (χ1n) is 6.46. The highest BCUT2D eigenvalue weighted by atomic mass is 16.5. The molecule has 3 aromatic rings. The summed E-state index contributed by atoms with van der Waals surface area (Å²) >= 11 is 0. The number of nitrogens with one attached hydrogen (secondary N) is 2. The Hall–Kier alpha value is -2.96. The maximum absolute atomic E-state index is 11.8. The molecule has 0 saturated carbocycles. The lowest BCUT2D eigenvalue weighted by atomic mass is 10.1. The Kier molecular flexibility index (Phi) is 3.46. The second-order valence-corrected chi connectivity index (χ2v) is 4.28. The number of aromatic nitrogens is 5. The zero-order valence-corrected chi connectivity index (χ0v) is 11.3. The fraction of sp³-hybridized carbons (Fsp3) is 0.143. The molecule has 0 radical (unpaired) electrons. The van der Waals surface area contributed by atoms with Crippen LogP contribution in [0.5, 0.6) is 0 Å². The lowest BCUT2D eigenvalue weighted by Crippen LogP contribution is -2.06. The number of esters is 1. The molecule has 2 N–H and O–H groups in total. The van der Waals surface area contributed by atoms with E-state index in [9.17, 15) is 4.79 Å². The lowest BCUT2D eigenvalue weighted by Gasteiger charge is -2.02. The van der Waals surface area contributed by atoms with Gasteiger partial charge in [0, 0.05) is 5.56 Å². The van der Waals surface area contributed by atoms with Gasteiger partial charge in [0.1, 0.15) is 5.69 Å². The summed E-state index contributed by atoms with van der Waals surface area (Å²) in [5, 5.41) is 10.3. The second kappa shape index (κ2) is 5.58. The Morgan fingerprint density at radius 1 is 1.19 bits per heavy atom. The van der Waals surface area contributed by atoms with E-state index < -0.39 is 5.97 Å². The number of aromatic amines is 2. The van der Waals surface area contributed by atoms with Gasteiger partial charge in [-0.15, -0.1) is 5.10 Å². The van der Waals surface area contributed by atoms with Gasteiger partial charge < -0.3 is 9.72 Å². The summed E-state index contributed by atoms with van der Waals surface area (Å²) in [6, 6.07) is 7.59.